The summed E-state index contributed by atoms with van der Waals surface area (Å²) in [5.41, 5.74) is -0.159. The number of ether oxygens (including phenoxy) is 1. The van der Waals surface area contributed by atoms with Crippen LogP contribution >= 0.6 is 0 Å². The van der Waals surface area contributed by atoms with Crippen LogP contribution in [0, 0.1) is 11.3 Å². The van der Waals surface area contributed by atoms with Crippen molar-refractivity contribution in [3.8, 4) is 0 Å². The Kier molecular flexibility index (Phi) is 4.23. The van der Waals surface area contributed by atoms with Gasteiger partial charge in [-0.15, -0.1) is 0 Å². The zero-order chi connectivity index (χ0) is 13.3. The molecule has 0 amide bonds. The summed E-state index contributed by atoms with van der Waals surface area (Å²) in [4.78, 5) is 12.2. The molecule has 1 fully saturated rings. The number of carbonyl (C=O) groups excluding carboxylic acids is 1. The summed E-state index contributed by atoms with van der Waals surface area (Å²) in [6, 6.07) is 0.290. The van der Waals surface area contributed by atoms with E-state index in [9.17, 15) is 4.79 Å². The van der Waals surface area contributed by atoms with Crippen LogP contribution in [0.15, 0.2) is 0 Å². The molecule has 0 aliphatic heterocycles. The predicted octanol–water partition coefficient (Wildman–Crippen LogP) is 2.74. The maximum atomic E-state index is 12.2. The van der Waals surface area contributed by atoms with E-state index in [-0.39, 0.29) is 12.0 Å². The van der Waals surface area contributed by atoms with Gasteiger partial charge in [-0.05, 0) is 44.4 Å². The zero-order valence-corrected chi connectivity index (χ0v) is 12.1. The molecule has 0 aromatic heterocycles. The van der Waals surface area contributed by atoms with Crippen molar-refractivity contribution in [2.75, 3.05) is 7.11 Å². The summed E-state index contributed by atoms with van der Waals surface area (Å²) in [6.45, 7) is 10.9. The monoisotopic (exact) mass is 241 g/mol. The van der Waals surface area contributed by atoms with Gasteiger partial charge in [0.05, 0.1) is 7.11 Å². The minimum Gasteiger partial charge on any atom is -0.468 e. The van der Waals surface area contributed by atoms with Gasteiger partial charge in [0, 0.05) is 6.04 Å². The molecule has 0 aromatic carbocycles. The molecule has 100 valence electrons. The van der Waals surface area contributed by atoms with Crippen molar-refractivity contribution in [3.63, 3.8) is 0 Å². The van der Waals surface area contributed by atoms with Crippen LogP contribution in [0.25, 0.3) is 0 Å². The first kappa shape index (κ1) is 14.5. The van der Waals surface area contributed by atoms with Crippen molar-refractivity contribution in [1.82, 2.24) is 5.32 Å². The summed E-state index contributed by atoms with van der Waals surface area (Å²) >= 11 is 0. The second-order valence-electron chi connectivity index (χ2n) is 6.53. The molecule has 1 aliphatic rings. The average molecular weight is 241 g/mol. The number of carbonyl (C=O) groups is 1. The Morgan fingerprint density at radius 2 is 1.94 bits per heavy atom. The van der Waals surface area contributed by atoms with E-state index in [2.05, 4.69) is 39.9 Å². The van der Waals surface area contributed by atoms with E-state index in [1.54, 1.807) is 0 Å². The quantitative estimate of drug-likeness (QED) is 0.772. The van der Waals surface area contributed by atoms with Crippen LogP contribution in [0.5, 0.6) is 0 Å². The van der Waals surface area contributed by atoms with Crippen molar-refractivity contribution in [2.45, 2.75) is 65.5 Å². The lowest BCUT2D eigenvalue weighted by Gasteiger charge is -2.47. The first-order valence-electron chi connectivity index (χ1n) is 6.59. The van der Waals surface area contributed by atoms with Crippen LogP contribution in [0.1, 0.15) is 53.9 Å². The molecule has 0 saturated heterocycles. The van der Waals surface area contributed by atoms with E-state index >= 15 is 0 Å². The van der Waals surface area contributed by atoms with Crippen LogP contribution in [0.3, 0.4) is 0 Å². The van der Waals surface area contributed by atoms with E-state index < -0.39 is 5.54 Å². The topological polar surface area (TPSA) is 38.3 Å². The number of nitrogens with one attached hydrogen (secondary N) is 1. The SMILES string of the molecule is COC(=O)C1(NC(C)C)CCC(C)(C)CC1C. The van der Waals surface area contributed by atoms with Gasteiger partial charge in [0.2, 0.25) is 0 Å². The summed E-state index contributed by atoms with van der Waals surface area (Å²) in [7, 11) is 1.48. The summed E-state index contributed by atoms with van der Waals surface area (Å²) < 4.78 is 5.03. The predicted molar refractivity (Wildman–Crippen MR) is 69.8 cm³/mol. The highest BCUT2D eigenvalue weighted by Crippen LogP contribution is 2.44. The van der Waals surface area contributed by atoms with Gasteiger partial charge in [0.1, 0.15) is 5.54 Å². The van der Waals surface area contributed by atoms with E-state index in [4.69, 9.17) is 4.74 Å². The largest absolute Gasteiger partial charge is 0.468 e. The molecule has 3 heteroatoms. The van der Waals surface area contributed by atoms with Gasteiger partial charge in [-0.25, -0.2) is 0 Å². The summed E-state index contributed by atoms with van der Waals surface area (Å²) in [5, 5.41) is 3.46. The Hall–Kier alpha value is -0.570. The molecule has 17 heavy (non-hydrogen) atoms. The van der Waals surface area contributed by atoms with Crippen molar-refractivity contribution < 1.29 is 9.53 Å². The molecule has 0 heterocycles. The van der Waals surface area contributed by atoms with Gasteiger partial charge in [-0.1, -0.05) is 20.8 Å². The lowest BCUT2D eigenvalue weighted by molar-refractivity contribution is -0.154. The second kappa shape index (κ2) is 4.97. The highest BCUT2D eigenvalue weighted by Gasteiger charge is 2.50. The molecule has 0 aromatic rings. The average Bonchev–Trinajstić information content (AvgIpc) is 2.20. The summed E-state index contributed by atoms with van der Waals surface area (Å²) in [6.07, 6.45) is 2.99. The van der Waals surface area contributed by atoms with E-state index in [1.165, 1.54) is 7.11 Å². The smallest absolute Gasteiger partial charge is 0.326 e. The van der Waals surface area contributed by atoms with Gasteiger partial charge >= 0.3 is 5.97 Å². The molecular weight excluding hydrogens is 214 g/mol. The first-order chi connectivity index (χ1) is 7.73. The third-order valence-corrected chi connectivity index (χ3v) is 3.99. The van der Waals surface area contributed by atoms with E-state index in [1.807, 2.05) is 0 Å². The van der Waals surface area contributed by atoms with Crippen LogP contribution in [-0.2, 0) is 9.53 Å². The molecule has 1 rings (SSSR count). The Bertz CT molecular complexity index is 286. The lowest BCUT2D eigenvalue weighted by Crippen LogP contribution is -2.62. The molecular formula is C14H27NO2. The van der Waals surface area contributed by atoms with Gasteiger partial charge < -0.3 is 4.74 Å². The normalized spacial score (nSPS) is 32.5. The van der Waals surface area contributed by atoms with Crippen molar-refractivity contribution in [2.24, 2.45) is 11.3 Å². The molecule has 0 spiro atoms. The highest BCUT2D eigenvalue weighted by molar-refractivity contribution is 5.81. The van der Waals surface area contributed by atoms with E-state index in [0.29, 0.717) is 11.3 Å². The fraction of sp³-hybridized carbons (Fsp3) is 0.929. The Morgan fingerprint density at radius 1 is 1.35 bits per heavy atom. The van der Waals surface area contributed by atoms with Crippen molar-refractivity contribution in [1.29, 1.82) is 0 Å². The molecule has 2 atom stereocenters. The third kappa shape index (κ3) is 3.01. The third-order valence-electron chi connectivity index (χ3n) is 3.99. The Morgan fingerprint density at radius 3 is 2.35 bits per heavy atom. The minimum atomic E-state index is -0.488. The fourth-order valence-electron chi connectivity index (χ4n) is 3.16. The number of esters is 1. The molecule has 1 N–H and O–H groups in total. The molecule has 2 unspecified atom stereocenters. The van der Waals surface area contributed by atoms with Crippen molar-refractivity contribution in [3.05, 3.63) is 0 Å². The second-order valence-corrected chi connectivity index (χ2v) is 6.53. The van der Waals surface area contributed by atoms with Gasteiger partial charge in [0.25, 0.3) is 0 Å². The number of hydrogen-bond donors (Lipinski definition) is 1. The van der Waals surface area contributed by atoms with Crippen LogP contribution in [-0.4, -0.2) is 24.7 Å². The van der Waals surface area contributed by atoms with Crippen molar-refractivity contribution >= 4 is 5.97 Å². The van der Waals surface area contributed by atoms with Gasteiger partial charge in [-0.2, -0.15) is 0 Å². The number of methoxy groups -OCH3 is 1. The molecule has 3 nitrogen and oxygen atoms in total. The fourth-order valence-corrected chi connectivity index (χ4v) is 3.16. The maximum Gasteiger partial charge on any atom is 0.326 e. The standard InChI is InChI=1S/C14H27NO2/c1-10(2)15-14(12(16)17-6)8-7-13(4,5)9-11(14)3/h10-11,15H,7-9H2,1-6H3. The van der Waals surface area contributed by atoms with Gasteiger partial charge in [0.15, 0.2) is 0 Å². The van der Waals surface area contributed by atoms with Crippen LogP contribution < -0.4 is 5.32 Å². The lowest BCUT2D eigenvalue weighted by atomic mass is 9.63. The maximum absolute atomic E-state index is 12.2. The van der Waals surface area contributed by atoms with Crippen LogP contribution in [0.4, 0.5) is 0 Å². The zero-order valence-electron chi connectivity index (χ0n) is 12.1. The molecule has 1 saturated carbocycles. The molecule has 0 radical (unpaired) electrons. The van der Waals surface area contributed by atoms with Gasteiger partial charge in [-0.3, -0.25) is 10.1 Å². The first-order valence-corrected chi connectivity index (χ1v) is 6.59. The van der Waals surface area contributed by atoms with Crippen LogP contribution in [0.2, 0.25) is 0 Å². The minimum absolute atomic E-state index is 0.103. The molecule has 0 bridgehead atoms. The Balaban J connectivity index is 2.96. The number of rotatable bonds is 3. The highest BCUT2D eigenvalue weighted by atomic mass is 16.5. The molecule has 1 aliphatic carbocycles. The number of hydrogen-bond acceptors (Lipinski definition) is 3. The summed E-state index contributed by atoms with van der Waals surface area (Å²) in [5.74, 6) is 0.204. The Labute approximate surface area is 105 Å². The van der Waals surface area contributed by atoms with E-state index in [0.717, 1.165) is 19.3 Å².